The van der Waals surface area contributed by atoms with E-state index in [2.05, 4.69) is 31.0 Å². The number of rotatable bonds is 9. The molecule has 0 spiro atoms. The lowest BCUT2D eigenvalue weighted by Crippen LogP contribution is -2.48. The maximum atomic E-state index is 5.61. The molecule has 0 bridgehead atoms. The standard InChI is InChI=1S/C17H34N2O/c1-4-19(12-16-5-6-16)14-17(7-9-20-10-8-17)13-18-11-15(2)3/h15-16,18H,4-14H2,1-3H3. The molecule has 1 saturated heterocycles. The molecule has 1 aliphatic carbocycles. The molecule has 0 aromatic rings. The normalized spacial score (nSPS) is 22.6. The van der Waals surface area contributed by atoms with Crippen molar-refractivity contribution in [2.45, 2.75) is 46.5 Å². The van der Waals surface area contributed by atoms with Crippen LogP contribution in [0.25, 0.3) is 0 Å². The minimum atomic E-state index is 0.442. The van der Waals surface area contributed by atoms with E-state index in [1.165, 1.54) is 45.3 Å². The maximum absolute atomic E-state index is 5.61. The highest BCUT2D eigenvalue weighted by Gasteiger charge is 2.35. The van der Waals surface area contributed by atoms with E-state index < -0.39 is 0 Å². The molecule has 1 heterocycles. The van der Waals surface area contributed by atoms with E-state index >= 15 is 0 Å². The second-order valence-electron chi connectivity index (χ2n) is 7.41. The Morgan fingerprint density at radius 1 is 1.25 bits per heavy atom. The molecular weight excluding hydrogens is 248 g/mol. The molecule has 0 unspecified atom stereocenters. The van der Waals surface area contributed by atoms with Crippen LogP contribution in [0.15, 0.2) is 0 Å². The van der Waals surface area contributed by atoms with Crippen molar-refractivity contribution in [2.75, 3.05) is 45.9 Å². The van der Waals surface area contributed by atoms with Gasteiger partial charge in [0.1, 0.15) is 0 Å². The highest BCUT2D eigenvalue weighted by molar-refractivity contribution is 4.89. The number of ether oxygens (including phenoxy) is 1. The summed E-state index contributed by atoms with van der Waals surface area (Å²) >= 11 is 0. The van der Waals surface area contributed by atoms with Gasteiger partial charge in [0.05, 0.1) is 0 Å². The van der Waals surface area contributed by atoms with Crippen LogP contribution in [0, 0.1) is 17.3 Å². The Hall–Kier alpha value is -0.120. The summed E-state index contributed by atoms with van der Waals surface area (Å²) in [4.78, 5) is 2.69. The Labute approximate surface area is 125 Å². The van der Waals surface area contributed by atoms with Crippen LogP contribution in [0.4, 0.5) is 0 Å². The minimum absolute atomic E-state index is 0.442. The van der Waals surface area contributed by atoms with Gasteiger partial charge >= 0.3 is 0 Å². The summed E-state index contributed by atoms with van der Waals surface area (Å²) in [5.74, 6) is 1.73. The van der Waals surface area contributed by atoms with Crippen molar-refractivity contribution in [3.8, 4) is 0 Å². The van der Waals surface area contributed by atoms with Crippen LogP contribution in [0.1, 0.15) is 46.5 Å². The third-order valence-electron chi connectivity index (χ3n) is 4.83. The van der Waals surface area contributed by atoms with Crippen LogP contribution >= 0.6 is 0 Å². The summed E-state index contributed by atoms with van der Waals surface area (Å²) in [6.07, 6.45) is 5.36. The fourth-order valence-corrected chi connectivity index (χ4v) is 3.27. The number of nitrogens with one attached hydrogen (secondary N) is 1. The predicted octanol–water partition coefficient (Wildman–Crippen LogP) is 2.76. The van der Waals surface area contributed by atoms with Crippen LogP contribution in [0.5, 0.6) is 0 Å². The quantitative estimate of drug-likeness (QED) is 0.704. The van der Waals surface area contributed by atoms with Gasteiger partial charge in [0.25, 0.3) is 0 Å². The highest BCUT2D eigenvalue weighted by Crippen LogP contribution is 2.34. The van der Waals surface area contributed by atoms with Gasteiger partial charge in [0, 0.05) is 32.8 Å². The summed E-state index contributed by atoms with van der Waals surface area (Å²) in [5.41, 5.74) is 0.442. The first-order chi connectivity index (χ1) is 9.63. The van der Waals surface area contributed by atoms with Gasteiger partial charge in [-0.3, -0.25) is 0 Å². The average molecular weight is 282 g/mol. The zero-order valence-electron chi connectivity index (χ0n) is 13.8. The van der Waals surface area contributed by atoms with E-state index in [4.69, 9.17) is 4.74 Å². The van der Waals surface area contributed by atoms with Crippen LogP contribution in [0.2, 0.25) is 0 Å². The Bertz CT molecular complexity index is 270. The van der Waals surface area contributed by atoms with E-state index in [1.54, 1.807) is 0 Å². The number of hydrogen-bond donors (Lipinski definition) is 1. The molecule has 1 aliphatic heterocycles. The largest absolute Gasteiger partial charge is 0.381 e. The van der Waals surface area contributed by atoms with E-state index in [0.717, 1.165) is 38.1 Å². The number of nitrogens with zero attached hydrogens (tertiary/aromatic N) is 1. The van der Waals surface area contributed by atoms with Crippen molar-refractivity contribution in [3.05, 3.63) is 0 Å². The molecule has 0 amide bonds. The summed E-state index contributed by atoms with van der Waals surface area (Å²) in [6.45, 7) is 14.9. The van der Waals surface area contributed by atoms with Crippen molar-refractivity contribution in [2.24, 2.45) is 17.3 Å². The van der Waals surface area contributed by atoms with Crippen LogP contribution in [-0.2, 0) is 4.74 Å². The first-order valence-corrected chi connectivity index (χ1v) is 8.64. The maximum Gasteiger partial charge on any atom is 0.0472 e. The van der Waals surface area contributed by atoms with Gasteiger partial charge in [0.2, 0.25) is 0 Å². The first-order valence-electron chi connectivity index (χ1n) is 8.64. The Morgan fingerprint density at radius 3 is 2.50 bits per heavy atom. The first kappa shape index (κ1) is 16.3. The lowest BCUT2D eigenvalue weighted by molar-refractivity contribution is -0.00452. The molecule has 0 aromatic carbocycles. The molecule has 3 heteroatoms. The summed E-state index contributed by atoms with van der Waals surface area (Å²) in [7, 11) is 0. The lowest BCUT2D eigenvalue weighted by Gasteiger charge is -2.41. The van der Waals surface area contributed by atoms with Crippen LogP contribution in [-0.4, -0.2) is 50.8 Å². The monoisotopic (exact) mass is 282 g/mol. The molecule has 2 rings (SSSR count). The van der Waals surface area contributed by atoms with Gasteiger partial charge in [-0.1, -0.05) is 20.8 Å². The predicted molar refractivity (Wildman–Crippen MR) is 85.0 cm³/mol. The molecule has 0 radical (unpaired) electrons. The van der Waals surface area contributed by atoms with Gasteiger partial charge in [-0.25, -0.2) is 0 Å². The third kappa shape index (κ3) is 5.34. The third-order valence-corrected chi connectivity index (χ3v) is 4.83. The zero-order chi connectivity index (χ0) is 14.4. The summed E-state index contributed by atoms with van der Waals surface area (Å²) in [5, 5.41) is 3.71. The SMILES string of the molecule is CCN(CC1CC1)CC1(CNCC(C)C)CCOCC1. The van der Waals surface area contributed by atoms with Gasteiger partial charge in [-0.2, -0.15) is 0 Å². The van der Waals surface area contributed by atoms with E-state index in [9.17, 15) is 0 Å². The Kier molecular flexibility index (Phi) is 6.31. The van der Waals surface area contributed by atoms with Gasteiger partial charge < -0.3 is 15.0 Å². The summed E-state index contributed by atoms with van der Waals surface area (Å²) < 4.78 is 5.61. The fourth-order valence-electron chi connectivity index (χ4n) is 3.27. The molecule has 0 aromatic heterocycles. The van der Waals surface area contributed by atoms with E-state index in [1.807, 2.05) is 0 Å². The lowest BCUT2D eigenvalue weighted by atomic mass is 9.79. The molecule has 20 heavy (non-hydrogen) atoms. The Morgan fingerprint density at radius 2 is 1.95 bits per heavy atom. The van der Waals surface area contributed by atoms with Crippen molar-refractivity contribution >= 4 is 0 Å². The zero-order valence-corrected chi connectivity index (χ0v) is 13.8. The molecule has 2 aliphatic rings. The smallest absolute Gasteiger partial charge is 0.0472 e. The van der Waals surface area contributed by atoms with Crippen molar-refractivity contribution in [3.63, 3.8) is 0 Å². The second-order valence-corrected chi connectivity index (χ2v) is 7.41. The topological polar surface area (TPSA) is 24.5 Å². The highest BCUT2D eigenvalue weighted by atomic mass is 16.5. The molecule has 1 saturated carbocycles. The van der Waals surface area contributed by atoms with Crippen LogP contribution in [0.3, 0.4) is 0 Å². The Balaban J connectivity index is 1.86. The van der Waals surface area contributed by atoms with Crippen molar-refractivity contribution in [1.82, 2.24) is 10.2 Å². The molecule has 3 nitrogen and oxygen atoms in total. The van der Waals surface area contributed by atoms with Crippen molar-refractivity contribution in [1.29, 1.82) is 0 Å². The molecule has 0 atom stereocenters. The second kappa shape index (κ2) is 7.77. The summed E-state index contributed by atoms with van der Waals surface area (Å²) in [6, 6.07) is 0. The molecule has 2 fully saturated rings. The fraction of sp³-hybridized carbons (Fsp3) is 1.00. The average Bonchev–Trinajstić information content (AvgIpc) is 3.22. The molecular formula is C17H34N2O. The van der Waals surface area contributed by atoms with Gasteiger partial charge in [-0.15, -0.1) is 0 Å². The van der Waals surface area contributed by atoms with Gasteiger partial charge in [0.15, 0.2) is 0 Å². The van der Waals surface area contributed by atoms with Crippen molar-refractivity contribution < 1.29 is 4.74 Å². The molecule has 1 N–H and O–H groups in total. The van der Waals surface area contributed by atoms with E-state index in [-0.39, 0.29) is 0 Å². The van der Waals surface area contributed by atoms with Gasteiger partial charge in [-0.05, 0) is 56.0 Å². The number of hydrogen-bond acceptors (Lipinski definition) is 3. The van der Waals surface area contributed by atoms with E-state index in [0.29, 0.717) is 5.41 Å². The van der Waals surface area contributed by atoms with Crippen LogP contribution < -0.4 is 5.32 Å². The minimum Gasteiger partial charge on any atom is -0.381 e. The molecule has 118 valence electrons.